The molecule has 1 heterocycles. The van der Waals surface area contributed by atoms with Gasteiger partial charge in [0.1, 0.15) is 6.54 Å². The predicted molar refractivity (Wildman–Crippen MR) is 123 cm³/mol. The topological polar surface area (TPSA) is 44.9 Å². The third-order valence-electron chi connectivity index (χ3n) is 5.30. The second-order valence-corrected chi connectivity index (χ2v) is 7.74. The minimum absolute atomic E-state index is 0.455. The Balaban J connectivity index is 1.98. The zero-order valence-corrected chi connectivity index (χ0v) is 17.6. The highest BCUT2D eigenvalue weighted by atomic mass is 16.5. The maximum absolute atomic E-state index is 14.0. The van der Waals surface area contributed by atoms with Crippen LogP contribution in [0.1, 0.15) is 16.7 Å². The van der Waals surface area contributed by atoms with Gasteiger partial charge >= 0.3 is 5.79 Å². The number of hydrogen-bond donors (Lipinski definition) is 0. The van der Waals surface area contributed by atoms with E-state index in [1.165, 1.54) is 5.56 Å². The average molecular weight is 399 g/mol. The van der Waals surface area contributed by atoms with E-state index in [9.17, 15) is 5.21 Å². The highest BCUT2D eigenvalue weighted by Crippen LogP contribution is 2.39. The van der Waals surface area contributed by atoms with Gasteiger partial charge < -0.3 is 10.1 Å². The van der Waals surface area contributed by atoms with E-state index in [1.54, 1.807) is 6.34 Å². The first kappa shape index (κ1) is 19.7. The fourth-order valence-electron chi connectivity index (χ4n) is 3.78. The molecule has 0 spiro atoms. The summed E-state index contributed by atoms with van der Waals surface area (Å²) >= 11 is 0. The molecule has 0 saturated carbocycles. The Morgan fingerprint density at radius 1 is 0.933 bits per heavy atom. The maximum atomic E-state index is 14.0. The third kappa shape index (κ3) is 3.43. The van der Waals surface area contributed by atoms with Crippen LogP contribution in [0, 0.1) is 12.1 Å². The molecule has 30 heavy (non-hydrogen) atoms. The quantitative estimate of drug-likeness (QED) is 0.280. The summed E-state index contributed by atoms with van der Waals surface area (Å²) in [6.07, 6.45) is 1.72. The first-order valence-electron chi connectivity index (χ1n) is 10.0. The molecule has 3 aromatic carbocycles. The van der Waals surface area contributed by atoms with Crippen molar-refractivity contribution in [2.45, 2.75) is 12.7 Å². The Morgan fingerprint density at radius 3 is 2.13 bits per heavy atom. The molecule has 1 aliphatic heterocycles. The zero-order valence-electron chi connectivity index (χ0n) is 17.6. The molecule has 3 aromatic rings. The fourth-order valence-corrected chi connectivity index (χ4v) is 3.78. The fraction of sp³-hybridized carbons (Fsp3) is 0.200. The standard InChI is InChI=1S/C25H26N4O/c1-20-14-16-23(17-15-20)28-18-24(21-10-6-4-7-11-21)29(30)25(28,26-19-27(2)3)22-12-8-5-9-13-22/h4-17,19H,18H2,1-3H3/b26-19-. The Morgan fingerprint density at radius 2 is 1.53 bits per heavy atom. The summed E-state index contributed by atoms with van der Waals surface area (Å²) in [5.74, 6) is -1.23. The molecule has 0 saturated heterocycles. The summed E-state index contributed by atoms with van der Waals surface area (Å²) in [7, 11) is 3.81. The first-order valence-corrected chi connectivity index (χ1v) is 10.0. The maximum Gasteiger partial charge on any atom is 0.378 e. The second-order valence-electron chi connectivity index (χ2n) is 7.74. The monoisotopic (exact) mass is 398 g/mol. The molecule has 0 fully saturated rings. The Hall–Kier alpha value is -3.60. The van der Waals surface area contributed by atoms with Gasteiger partial charge in [-0.15, -0.1) is 0 Å². The van der Waals surface area contributed by atoms with Gasteiger partial charge in [0, 0.05) is 25.3 Å². The van der Waals surface area contributed by atoms with Gasteiger partial charge in [0.15, 0.2) is 0 Å². The Labute approximate surface area is 177 Å². The van der Waals surface area contributed by atoms with Gasteiger partial charge in [0.25, 0.3) is 0 Å². The van der Waals surface area contributed by atoms with Crippen LogP contribution in [0.15, 0.2) is 89.9 Å². The van der Waals surface area contributed by atoms with Crippen molar-refractivity contribution in [1.29, 1.82) is 0 Å². The van der Waals surface area contributed by atoms with Crippen molar-refractivity contribution in [2.24, 2.45) is 4.99 Å². The van der Waals surface area contributed by atoms with Gasteiger partial charge in [0.05, 0.1) is 11.9 Å². The normalized spacial score (nSPS) is 19.0. The molecule has 0 bridgehead atoms. The van der Waals surface area contributed by atoms with Crippen molar-refractivity contribution in [2.75, 3.05) is 25.5 Å². The predicted octanol–water partition coefficient (Wildman–Crippen LogP) is 4.22. The van der Waals surface area contributed by atoms with Crippen LogP contribution in [0.25, 0.3) is 0 Å². The van der Waals surface area contributed by atoms with E-state index in [-0.39, 0.29) is 0 Å². The number of aliphatic imine (C=N–C) groups is 1. The highest BCUT2D eigenvalue weighted by Gasteiger charge is 2.54. The molecular weight excluding hydrogens is 372 g/mol. The SMILES string of the molecule is Cc1ccc(N2CC(c3ccccc3)=[N+]([O-])C2(/N=C\N(C)C)c2ccccc2)cc1. The number of rotatable bonds is 5. The number of benzene rings is 3. The van der Waals surface area contributed by atoms with Gasteiger partial charge in [-0.05, 0) is 43.3 Å². The van der Waals surface area contributed by atoms with E-state index in [1.807, 2.05) is 79.7 Å². The Kier molecular flexibility index (Phi) is 5.27. The smallest absolute Gasteiger partial charge is 0.378 e. The van der Waals surface area contributed by atoms with Crippen LogP contribution in [0.5, 0.6) is 0 Å². The molecule has 0 aliphatic carbocycles. The van der Waals surface area contributed by atoms with E-state index in [0.717, 1.165) is 21.6 Å². The lowest BCUT2D eigenvalue weighted by atomic mass is 10.1. The molecule has 5 nitrogen and oxygen atoms in total. The summed E-state index contributed by atoms with van der Waals surface area (Å²) in [6, 6.07) is 27.8. The summed E-state index contributed by atoms with van der Waals surface area (Å²) in [6.45, 7) is 2.51. The number of aryl methyl sites for hydroxylation is 1. The van der Waals surface area contributed by atoms with Gasteiger partial charge in [-0.1, -0.05) is 54.1 Å². The first-order chi connectivity index (χ1) is 14.5. The average Bonchev–Trinajstić information content (AvgIpc) is 3.07. The van der Waals surface area contributed by atoms with Gasteiger partial charge in [-0.3, -0.25) is 4.90 Å². The highest BCUT2D eigenvalue weighted by molar-refractivity contribution is 6.01. The number of anilines is 1. The van der Waals surface area contributed by atoms with Crippen molar-refractivity contribution >= 4 is 17.7 Å². The molecule has 0 aromatic heterocycles. The minimum Gasteiger partial charge on any atom is -0.620 e. The number of nitrogens with zero attached hydrogens (tertiary/aromatic N) is 4. The zero-order chi connectivity index (χ0) is 21.1. The van der Waals surface area contributed by atoms with Gasteiger partial charge in [-0.2, -0.15) is 9.73 Å². The minimum atomic E-state index is -1.23. The van der Waals surface area contributed by atoms with E-state index in [0.29, 0.717) is 12.3 Å². The van der Waals surface area contributed by atoms with Crippen molar-refractivity contribution in [3.8, 4) is 0 Å². The lowest BCUT2D eigenvalue weighted by Gasteiger charge is -2.33. The third-order valence-corrected chi connectivity index (χ3v) is 5.30. The van der Waals surface area contributed by atoms with Crippen LogP contribution in [-0.2, 0) is 5.79 Å². The molecule has 0 N–H and O–H groups in total. The lowest BCUT2D eigenvalue weighted by molar-refractivity contribution is -0.547. The molecule has 4 rings (SSSR count). The van der Waals surface area contributed by atoms with E-state index in [4.69, 9.17) is 4.99 Å². The van der Waals surface area contributed by atoms with Crippen LogP contribution < -0.4 is 4.90 Å². The van der Waals surface area contributed by atoms with Crippen molar-refractivity contribution in [3.05, 3.63) is 107 Å². The molecule has 1 aliphatic rings. The number of hydrogen-bond acceptors (Lipinski definition) is 3. The van der Waals surface area contributed by atoms with Gasteiger partial charge in [0.2, 0.25) is 5.71 Å². The van der Waals surface area contributed by atoms with E-state index >= 15 is 0 Å². The largest absolute Gasteiger partial charge is 0.620 e. The van der Waals surface area contributed by atoms with Crippen LogP contribution >= 0.6 is 0 Å². The van der Waals surface area contributed by atoms with Crippen LogP contribution in [0.2, 0.25) is 0 Å². The molecule has 0 radical (unpaired) electrons. The van der Waals surface area contributed by atoms with Crippen molar-refractivity contribution in [3.63, 3.8) is 0 Å². The second kappa shape index (κ2) is 8.03. The summed E-state index contributed by atoms with van der Waals surface area (Å²) < 4.78 is 1.07. The summed E-state index contributed by atoms with van der Waals surface area (Å²) in [4.78, 5) is 8.81. The van der Waals surface area contributed by atoms with E-state index in [2.05, 4.69) is 36.1 Å². The molecule has 152 valence electrons. The Bertz CT molecular complexity index is 1060. The number of hydroxylamine groups is 1. The van der Waals surface area contributed by atoms with Crippen molar-refractivity contribution < 1.29 is 4.74 Å². The molecule has 1 atom stereocenters. The lowest BCUT2D eigenvalue weighted by Crippen LogP contribution is -2.47. The molecular formula is C25H26N4O. The van der Waals surface area contributed by atoms with E-state index < -0.39 is 5.79 Å². The van der Waals surface area contributed by atoms with Crippen LogP contribution in [0.4, 0.5) is 5.69 Å². The molecule has 5 heteroatoms. The molecule has 1 unspecified atom stereocenters. The molecule has 0 amide bonds. The van der Waals surface area contributed by atoms with Gasteiger partial charge in [-0.25, -0.2) is 0 Å². The van der Waals surface area contributed by atoms with Crippen molar-refractivity contribution in [1.82, 2.24) is 4.90 Å². The van der Waals surface area contributed by atoms with Crippen LogP contribution in [0.3, 0.4) is 0 Å². The summed E-state index contributed by atoms with van der Waals surface area (Å²) in [5.41, 5.74) is 4.54. The summed E-state index contributed by atoms with van der Waals surface area (Å²) in [5, 5.41) is 14.0. The van der Waals surface area contributed by atoms with Crippen LogP contribution in [-0.4, -0.2) is 42.3 Å².